The number of halogens is 1. The fourth-order valence-corrected chi connectivity index (χ4v) is 7.03. The molecule has 1 aromatic carbocycles. The lowest BCUT2D eigenvalue weighted by molar-refractivity contribution is -0.139. The van der Waals surface area contributed by atoms with Crippen LogP contribution in [0.3, 0.4) is 0 Å². The highest BCUT2D eigenvalue weighted by molar-refractivity contribution is 9.11. The van der Waals surface area contributed by atoms with Crippen LogP contribution in [0.25, 0.3) is 11.3 Å². The van der Waals surface area contributed by atoms with E-state index in [9.17, 15) is 14.7 Å². The number of hydrogen-bond acceptors (Lipinski definition) is 7. The van der Waals surface area contributed by atoms with E-state index in [0.717, 1.165) is 49.7 Å². The number of aromatic hydroxyl groups is 1. The molecule has 0 unspecified atom stereocenters. The monoisotopic (exact) mass is 644 g/mol. The van der Waals surface area contributed by atoms with Crippen LogP contribution < -0.4 is 0 Å². The minimum Gasteiger partial charge on any atom is -0.507 e. The molecule has 1 amide bonds. The van der Waals surface area contributed by atoms with Crippen molar-refractivity contribution in [3.63, 3.8) is 0 Å². The van der Waals surface area contributed by atoms with Crippen LogP contribution in [0.4, 0.5) is 0 Å². The number of phenolic OH excluding ortho intramolecular Hbond substituents is 1. The first-order valence-corrected chi connectivity index (χ1v) is 15.6. The zero-order chi connectivity index (χ0) is 30.3. The molecule has 1 saturated heterocycles. The molecule has 3 heterocycles. The Morgan fingerprint density at radius 1 is 1.07 bits per heavy atom. The predicted octanol–water partition coefficient (Wildman–Crippen LogP) is 6.50. The molecular formula is C31H41BrN4O4S. The Labute approximate surface area is 255 Å². The average molecular weight is 646 g/mol. The first-order chi connectivity index (χ1) is 19.1. The van der Waals surface area contributed by atoms with Crippen LogP contribution in [0, 0.1) is 6.92 Å². The molecule has 8 nitrogen and oxygen atoms in total. The molecule has 222 valence electrons. The number of amides is 1. The van der Waals surface area contributed by atoms with Crippen molar-refractivity contribution < 1.29 is 19.4 Å². The van der Waals surface area contributed by atoms with E-state index in [4.69, 9.17) is 9.72 Å². The summed E-state index contributed by atoms with van der Waals surface area (Å²) < 4.78 is 7.36. The molecule has 0 atom stereocenters. The van der Waals surface area contributed by atoms with Crippen molar-refractivity contribution in [1.29, 1.82) is 0 Å². The molecule has 0 aliphatic carbocycles. The van der Waals surface area contributed by atoms with Gasteiger partial charge in [0.05, 0.1) is 33.7 Å². The maximum absolute atomic E-state index is 13.1. The summed E-state index contributed by atoms with van der Waals surface area (Å²) in [4.78, 5) is 31.7. The highest BCUT2D eigenvalue weighted by atomic mass is 79.9. The highest BCUT2D eigenvalue weighted by Gasteiger charge is 2.30. The summed E-state index contributed by atoms with van der Waals surface area (Å²) in [5, 5.41) is 16.6. The molecule has 3 aromatic rings. The largest absolute Gasteiger partial charge is 0.507 e. The van der Waals surface area contributed by atoms with Gasteiger partial charge in [0, 0.05) is 41.4 Å². The number of esters is 1. The van der Waals surface area contributed by atoms with Crippen molar-refractivity contribution >= 4 is 39.1 Å². The van der Waals surface area contributed by atoms with Gasteiger partial charge in [0.1, 0.15) is 12.3 Å². The number of likely N-dealkylation sites (tertiary alicyclic amines) is 1. The predicted molar refractivity (Wildman–Crippen MR) is 166 cm³/mol. The number of piperidine rings is 1. The Morgan fingerprint density at radius 3 is 2.20 bits per heavy atom. The van der Waals surface area contributed by atoms with Crippen molar-refractivity contribution in [2.45, 2.75) is 91.0 Å². The topological polar surface area (TPSA) is 97.6 Å². The molecule has 0 spiro atoms. The number of benzene rings is 1. The maximum atomic E-state index is 13.1. The summed E-state index contributed by atoms with van der Waals surface area (Å²) in [6, 6.07) is 5.96. The van der Waals surface area contributed by atoms with E-state index in [1.807, 2.05) is 17.9 Å². The number of nitrogens with zero attached hydrogens (tertiary/aromatic N) is 4. The molecule has 0 radical (unpaired) electrons. The number of aromatic nitrogens is 3. The third kappa shape index (κ3) is 7.02. The third-order valence-electron chi connectivity index (χ3n) is 7.67. The van der Waals surface area contributed by atoms with Crippen LogP contribution in [-0.4, -0.2) is 56.8 Å². The van der Waals surface area contributed by atoms with Crippen LogP contribution in [0.2, 0.25) is 0 Å². The quantitative estimate of drug-likeness (QED) is 0.308. The summed E-state index contributed by atoms with van der Waals surface area (Å²) in [6.07, 6.45) is 1.77. The molecule has 0 saturated carbocycles. The second-order valence-corrected chi connectivity index (χ2v) is 15.3. The average Bonchev–Trinajstić information content (AvgIpc) is 3.44. The highest BCUT2D eigenvalue weighted by Crippen LogP contribution is 2.45. The normalized spacial score (nSPS) is 14.9. The van der Waals surface area contributed by atoms with Crippen molar-refractivity contribution in [3.05, 3.63) is 49.5 Å². The van der Waals surface area contributed by atoms with Crippen molar-refractivity contribution in [2.24, 2.45) is 0 Å². The van der Waals surface area contributed by atoms with Gasteiger partial charge in [0.25, 0.3) is 0 Å². The fraction of sp³-hybridized carbons (Fsp3) is 0.548. The lowest BCUT2D eigenvalue weighted by Gasteiger charge is -2.31. The van der Waals surface area contributed by atoms with Crippen molar-refractivity contribution in [2.75, 3.05) is 20.2 Å². The van der Waals surface area contributed by atoms with Crippen LogP contribution in [0.5, 0.6) is 5.75 Å². The smallest absolute Gasteiger partial charge is 0.311 e. The number of phenols is 1. The van der Waals surface area contributed by atoms with E-state index >= 15 is 0 Å². The summed E-state index contributed by atoms with van der Waals surface area (Å²) in [6.45, 7) is 16.0. The Balaban J connectivity index is 1.48. The fourth-order valence-electron chi connectivity index (χ4n) is 5.23. The molecule has 1 fully saturated rings. The molecule has 0 bridgehead atoms. The number of hydrogen-bond donors (Lipinski definition) is 1. The Bertz CT molecular complexity index is 1400. The SMILES string of the molecule is COC(=O)Cc1cc(C)n(CC(=O)N2CCC(c3nc(-c4cc(C(C)(C)C)c(O)c(C(C)(C)C)c4)c(Br)s3)CC2)n1. The lowest BCUT2D eigenvalue weighted by Crippen LogP contribution is -2.40. The third-order valence-corrected chi connectivity index (χ3v) is 9.54. The number of thiazole rings is 1. The maximum Gasteiger partial charge on any atom is 0.311 e. The molecular weight excluding hydrogens is 604 g/mol. The van der Waals surface area contributed by atoms with Gasteiger partial charge in [-0.3, -0.25) is 14.3 Å². The van der Waals surface area contributed by atoms with Gasteiger partial charge in [0.15, 0.2) is 0 Å². The van der Waals surface area contributed by atoms with Gasteiger partial charge in [-0.25, -0.2) is 4.98 Å². The summed E-state index contributed by atoms with van der Waals surface area (Å²) in [5.74, 6) is 0.305. The molecule has 1 aliphatic rings. The van der Waals surface area contributed by atoms with Crippen LogP contribution in [0.1, 0.15) is 87.8 Å². The molecule has 1 N–H and O–H groups in total. The van der Waals surface area contributed by atoms with Gasteiger partial charge in [-0.15, -0.1) is 11.3 Å². The van der Waals surface area contributed by atoms with E-state index < -0.39 is 0 Å². The van der Waals surface area contributed by atoms with Gasteiger partial charge in [0.2, 0.25) is 5.91 Å². The summed E-state index contributed by atoms with van der Waals surface area (Å²) >= 11 is 5.44. The Morgan fingerprint density at radius 2 is 1.66 bits per heavy atom. The van der Waals surface area contributed by atoms with Gasteiger partial charge in [-0.1, -0.05) is 41.5 Å². The number of carbonyl (C=O) groups excluding carboxylic acids is 2. The van der Waals surface area contributed by atoms with E-state index in [1.165, 1.54) is 7.11 Å². The van der Waals surface area contributed by atoms with Gasteiger partial charge >= 0.3 is 5.97 Å². The van der Waals surface area contributed by atoms with Crippen LogP contribution in [-0.2, 0) is 38.1 Å². The van der Waals surface area contributed by atoms with Crippen LogP contribution in [0.15, 0.2) is 22.0 Å². The van der Waals surface area contributed by atoms with Gasteiger partial charge in [-0.2, -0.15) is 5.10 Å². The number of aryl methyl sites for hydroxylation is 1. The Hall–Kier alpha value is -2.72. The van der Waals surface area contributed by atoms with E-state index in [2.05, 4.69) is 74.7 Å². The molecule has 10 heteroatoms. The molecule has 4 rings (SSSR count). The van der Waals surface area contributed by atoms with Crippen molar-refractivity contribution in [3.8, 4) is 17.0 Å². The minimum atomic E-state index is -0.352. The number of rotatable bonds is 6. The molecule has 1 aliphatic heterocycles. The standard InChI is InChI=1S/C31H41BrN4O4S/c1-18-13-21(16-25(38)40-8)34-36(18)17-24(37)35-11-9-19(10-12-35)29-33-26(28(32)41-29)20-14-22(30(2,3)4)27(39)23(15-20)31(5,6)7/h13-15,19,39H,9-12,16-17H2,1-8H3. The minimum absolute atomic E-state index is 0.0220. The van der Waals surface area contributed by atoms with Gasteiger partial charge in [-0.05, 0) is 64.7 Å². The van der Waals surface area contributed by atoms with Crippen molar-refractivity contribution in [1.82, 2.24) is 19.7 Å². The summed E-state index contributed by atoms with van der Waals surface area (Å²) in [5.41, 5.74) is 4.73. The lowest BCUT2D eigenvalue weighted by atomic mass is 9.78. The van der Waals surface area contributed by atoms with Crippen LogP contribution >= 0.6 is 27.3 Å². The number of carbonyl (C=O) groups is 2. The molecule has 41 heavy (non-hydrogen) atoms. The second-order valence-electron chi connectivity index (χ2n) is 12.9. The Kier molecular flexibility index (Phi) is 9.04. The molecule has 2 aromatic heterocycles. The second kappa shape index (κ2) is 11.9. The van der Waals surface area contributed by atoms with E-state index in [0.29, 0.717) is 24.5 Å². The zero-order valence-corrected chi connectivity index (χ0v) is 27.7. The van der Waals surface area contributed by atoms with Gasteiger partial charge < -0.3 is 14.7 Å². The first-order valence-electron chi connectivity index (χ1n) is 14.0. The zero-order valence-electron chi connectivity index (χ0n) is 25.3. The first kappa shape index (κ1) is 31.2. The number of ether oxygens (including phenoxy) is 1. The van der Waals surface area contributed by atoms with E-state index in [1.54, 1.807) is 16.0 Å². The summed E-state index contributed by atoms with van der Waals surface area (Å²) in [7, 11) is 1.35. The van der Waals surface area contributed by atoms with E-state index in [-0.39, 0.29) is 41.6 Å². The number of methoxy groups -OCH3 is 1.